The lowest BCUT2D eigenvalue weighted by atomic mass is 10.0. The molecule has 0 aromatic heterocycles. The van der Waals surface area contributed by atoms with Crippen molar-refractivity contribution >= 4 is 0 Å². The summed E-state index contributed by atoms with van der Waals surface area (Å²) in [5.74, 6) is 0. The molecule has 0 aliphatic carbocycles. The first-order valence-corrected chi connectivity index (χ1v) is 7.46. The lowest BCUT2D eigenvalue weighted by Gasteiger charge is -2.30. The van der Waals surface area contributed by atoms with Gasteiger partial charge >= 0.3 is 0 Å². The lowest BCUT2D eigenvalue weighted by molar-refractivity contribution is 0.151. The summed E-state index contributed by atoms with van der Waals surface area (Å²) in [7, 11) is 4.11. The van der Waals surface area contributed by atoms with Crippen LogP contribution in [0.3, 0.4) is 0 Å². The highest BCUT2D eigenvalue weighted by Gasteiger charge is 2.18. The number of rotatable bonds is 9. The van der Waals surface area contributed by atoms with Crippen molar-refractivity contribution in [1.29, 1.82) is 0 Å². The Kier molecular flexibility index (Phi) is 7.78. The number of hydrogen-bond acceptors (Lipinski definition) is 3. The van der Waals surface area contributed by atoms with Gasteiger partial charge < -0.3 is 10.6 Å². The van der Waals surface area contributed by atoms with Crippen LogP contribution in [-0.2, 0) is 0 Å². The molecule has 120 valence electrons. The molecule has 0 saturated heterocycles. The standard InChI is InChI=1S/C16H27F2N3/c1-4-21(11-5-10-20(2)3)15(12-19)13-6-8-14(9-7-13)16(17)18/h6-9,15-16H,4-5,10-12,19H2,1-3H3. The van der Waals surface area contributed by atoms with Crippen LogP contribution in [0.2, 0.25) is 0 Å². The normalized spacial score (nSPS) is 13.4. The summed E-state index contributed by atoms with van der Waals surface area (Å²) in [6, 6.07) is 6.62. The Morgan fingerprint density at radius 1 is 1.05 bits per heavy atom. The van der Waals surface area contributed by atoms with Gasteiger partial charge in [0, 0.05) is 24.7 Å². The van der Waals surface area contributed by atoms with Crippen molar-refractivity contribution in [3.63, 3.8) is 0 Å². The molecule has 0 heterocycles. The number of nitrogens with zero attached hydrogens (tertiary/aromatic N) is 2. The number of hydrogen-bond donors (Lipinski definition) is 1. The molecule has 1 aromatic rings. The second-order valence-electron chi connectivity index (χ2n) is 5.50. The van der Waals surface area contributed by atoms with E-state index in [1.54, 1.807) is 12.1 Å². The summed E-state index contributed by atoms with van der Waals surface area (Å²) in [5, 5.41) is 0. The quantitative estimate of drug-likeness (QED) is 0.761. The minimum absolute atomic E-state index is 0.0603. The molecule has 0 bridgehead atoms. The highest BCUT2D eigenvalue weighted by molar-refractivity contribution is 5.26. The summed E-state index contributed by atoms with van der Waals surface area (Å²) < 4.78 is 25.2. The third-order valence-corrected chi connectivity index (χ3v) is 3.69. The van der Waals surface area contributed by atoms with Gasteiger partial charge in [0.2, 0.25) is 0 Å². The average molecular weight is 299 g/mol. The van der Waals surface area contributed by atoms with Crippen molar-refractivity contribution in [3.8, 4) is 0 Å². The molecule has 1 unspecified atom stereocenters. The zero-order chi connectivity index (χ0) is 15.8. The Bertz CT molecular complexity index is 393. The van der Waals surface area contributed by atoms with E-state index in [0.717, 1.165) is 31.6 Å². The van der Waals surface area contributed by atoms with Gasteiger partial charge in [-0.05, 0) is 39.2 Å². The lowest BCUT2D eigenvalue weighted by Crippen LogP contribution is -2.35. The van der Waals surface area contributed by atoms with Crippen LogP contribution in [0.5, 0.6) is 0 Å². The minimum Gasteiger partial charge on any atom is -0.329 e. The number of alkyl halides is 2. The average Bonchev–Trinajstić information content (AvgIpc) is 2.46. The first-order valence-electron chi connectivity index (χ1n) is 7.46. The highest BCUT2D eigenvalue weighted by atomic mass is 19.3. The monoisotopic (exact) mass is 299 g/mol. The Hall–Kier alpha value is -1.04. The van der Waals surface area contributed by atoms with E-state index in [1.165, 1.54) is 12.1 Å². The molecule has 1 aromatic carbocycles. The fourth-order valence-electron chi connectivity index (χ4n) is 2.48. The van der Waals surface area contributed by atoms with Crippen LogP contribution in [0, 0.1) is 0 Å². The minimum atomic E-state index is -2.42. The molecular formula is C16H27F2N3. The Balaban J connectivity index is 2.73. The summed E-state index contributed by atoms with van der Waals surface area (Å²) in [4.78, 5) is 4.46. The predicted octanol–water partition coefficient (Wildman–Crippen LogP) is 2.90. The van der Waals surface area contributed by atoms with Crippen molar-refractivity contribution in [1.82, 2.24) is 9.80 Å². The van der Waals surface area contributed by atoms with Crippen LogP contribution >= 0.6 is 0 Å². The Morgan fingerprint density at radius 3 is 2.05 bits per heavy atom. The van der Waals surface area contributed by atoms with Crippen LogP contribution in [0.1, 0.15) is 36.9 Å². The topological polar surface area (TPSA) is 32.5 Å². The van der Waals surface area contributed by atoms with E-state index >= 15 is 0 Å². The van der Waals surface area contributed by atoms with Crippen molar-refractivity contribution in [2.45, 2.75) is 25.8 Å². The van der Waals surface area contributed by atoms with E-state index in [4.69, 9.17) is 5.73 Å². The van der Waals surface area contributed by atoms with Crippen LogP contribution in [0.4, 0.5) is 8.78 Å². The predicted molar refractivity (Wildman–Crippen MR) is 83.6 cm³/mol. The Morgan fingerprint density at radius 2 is 1.62 bits per heavy atom. The van der Waals surface area contributed by atoms with Crippen molar-refractivity contribution < 1.29 is 8.78 Å². The van der Waals surface area contributed by atoms with Gasteiger partial charge in [-0.1, -0.05) is 31.2 Å². The molecule has 0 aliphatic rings. The molecule has 0 aliphatic heterocycles. The molecule has 2 N–H and O–H groups in total. The van der Waals surface area contributed by atoms with E-state index in [0.29, 0.717) is 6.54 Å². The SMILES string of the molecule is CCN(CCCN(C)C)C(CN)c1ccc(C(F)F)cc1. The van der Waals surface area contributed by atoms with Crippen molar-refractivity contribution in [3.05, 3.63) is 35.4 Å². The van der Waals surface area contributed by atoms with Gasteiger partial charge in [-0.2, -0.15) is 0 Å². The molecular weight excluding hydrogens is 272 g/mol. The molecule has 21 heavy (non-hydrogen) atoms. The van der Waals surface area contributed by atoms with Crippen LogP contribution in [0.25, 0.3) is 0 Å². The van der Waals surface area contributed by atoms with Gasteiger partial charge in [0.05, 0.1) is 0 Å². The molecule has 1 rings (SSSR count). The zero-order valence-corrected chi connectivity index (χ0v) is 13.2. The molecule has 0 saturated carbocycles. The summed E-state index contributed by atoms with van der Waals surface area (Å²) in [5.41, 5.74) is 6.98. The summed E-state index contributed by atoms with van der Waals surface area (Å²) in [6.45, 7) is 5.47. The summed E-state index contributed by atoms with van der Waals surface area (Å²) >= 11 is 0. The van der Waals surface area contributed by atoms with Gasteiger partial charge in [-0.25, -0.2) is 8.78 Å². The first kappa shape index (κ1) is 18.0. The van der Waals surface area contributed by atoms with E-state index in [2.05, 4.69) is 30.8 Å². The van der Waals surface area contributed by atoms with E-state index < -0.39 is 6.43 Å². The molecule has 0 spiro atoms. The second kappa shape index (κ2) is 9.07. The van der Waals surface area contributed by atoms with Crippen molar-refractivity contribution in [2.75, 3.05) is 40.3 Å². The first-order chi connectivity index (χ1) is 9.99. The fraction of sp³-hybridized carbons (Fsp3) is 0.625. The maximum absolute atomic E-state index is 12.6. The van der Waals surface area contributed by atoms with Crippen molar-refractivity contribution in [2.24, 2.45) is 5.73 Å². The molecule has 5 heteroatoms. The molecule has 1 atom stereocenters. The molecule has 3 nitrogen and oxygen atoms in total. The van der Waals surface area contributed by atoms with E-state index in [1.807, 2.05) is 0 Å². The highest BCUT2D eigenvalue weighted by Crippen LogP contribution is 2.24. The molecule has 0 fully saturated rings. The third-order valence-electron chi connectivity index (χ3n) is 3.69. The number of nitrogens with two attached hydrogens (primary N) is 1. The fourth-order valence-corrected chi connectivity index (χ4v) is 2.48. The van der Waals surface area contributed by atoms with Crippen LogP contribution in [-0.4, -0.2) is 50.1 Å². The van der Waals surface area contributed by atoms with E-state index in [9.17, 15) is 8.78 Å². The largest absolute Gasteiger partial charge is 0.329 e. The van der Waals surface area contributed by atoms with E-state index in [-0.39, 0.29) is 11.6 Å². The Labute approximate surface area is 126 Å². The van der Waals surface area contributed by atoms with Gasteiger partial charge in [0.25, 0.3) is 6.43 Å². The van der Waals surface area contributed by atoms with Crippen LogP contribution < -0.4 is 5.73 Å². The molecule has 0 amide bonds. The maximum atomic E-state index is 12.6. The van der Waals surface area contributed by atoms with Crippen LogP contribution in [0.15, 0.2) is 24.3 Å². The third kappa shape index (κ3) is 5.69. The van der Waals surface area contributed by atoms with Gasteiger partial charge in [-0.15, -0.1) is 0 Å². The maximum Gasteiger partial charge on any atom is 0.263 e. The number of benzene rings is 1. The van der Waals surface area contributed by atoms with Gasteiger partial charge in [0.15, 0.2) is 0 Å². The molecule has 0 radical (unpaired) electrons. The zero-order valence-electron chi connectivity index (χ0n) is 13.2. The number of likely N-dealkylation sites (N-methyl/N-ethyl adjacent to an activating group) is 1. The smallest absolute Gasteiger partial charge is 0.263 e. The second-order valence-corrected chi connectivity index (χ2v) is 5.50. The summed E-state index contributed by atoms with van der Waals surface area (Å²) in [6.07, 6.45) is -1.36. The van der Waals surface area contributed by atoms with Gasteiger partial charge in [0.1, 0.15) is 0 Å². The number of halogens is 2. The van der Waals surface area contributed by atoms with Gasteiger partial charge in [-0.3, -0.25) is 4.90 Å².